The van der Waals surface area contributed by atoms with Crippen molar-refractivity contribution >= 4 is 5.91 Å². The Morgan fingerprint density at radius 3 is 2.59 bits per heavy atom. The third kappa shape index (κ3) is 3.72. The van der Waals surface area contributed by atoms with Crippen LogP contribution in [0.1, 0.15) is 65.2 Å². The standard InChI is InChI=1S/C15H27NO/c1-11(2)8-14-13(10-15(17)16-14)9-12-6-4-3-5-7-12/h11-14H,3-10H2,1-2H3,(H,16,17). The predicted octanol–water partition coefficient (Wildman–Crippen LogP) is 3.51. The molecule has 0 spiro atoms. The first-order chi connectivity index (χ1) is 8.15. The summed E-state index contributed by atoms with van der Waals surface area (Å²) in [6.45, 7) is 4.50. The molecule has 1 heterocycles. The van der Waals surface area contributed by atoms with E-state index in [1.807, 2.05) is 0 Å². The molecular weight excluding hydrogens is 210 g/mol. The van der Waals surface area contributed by atoms with Gasteiger partial charge in [0.25, 0.3) is 0 Å². The van der Waals surface area contributed by atoms with E-state index in [1.54, 1.807) is 0 Å². The Balaban J connectivity index is 1.86. The Morgan fingerprint density at radius 1 is 1.24 bits per heavy atom. The van der Waals surface area contributed by atoms with Crippen LogP contribution in [0, 0.1) is 17.8 Å². The van der Waals surface area contributed by atoms with Crippen molar-refractivity contribution in [1.29, 1.82) is 0 Å². The van der Waals surface area contributed by atoms with Gasteiger partial charge in [0, 0.05) is 12.5 Å². The third-order valence-corrected chi connectivity index (χ3v) is 4.45. The molecule has 1 N–H and O–H groups in total. The van der Waals surface area contributed by atoms with Crippen LogP contribution in [0.15, 0.2) is 0 Å². The smallest absolute Gasteiger partial charge is 0.220 e. The molecule has 1 aliphatic heterocycles. The highest BCUT2D eigenvalue weighted by atomic mass is 16.2. The maximum absolute atomic E-state index is 11.6. The van der Waals surface area contributed by atoms with E-state index in [0.717, 1.165) is 18.8 Å². The summed E-state index contributed by atoms with van der Waals surface area (Å²) < 4.78 is 0. The summed E-state index contributed by atoms with van der Waals surface area (Å²) in [4.78, 5) is 11.6. The molecule has 0 bridgehead atoms. The molecule has 2 heteroatoms. The zero-order valence-electron chi connectivity index (χ0n) is 11.4. The van der Waals surface area contributed by atoms with Crippen LogP contribution in [-0.2, 0) is 4.79 Å². The Hall–Kier alpha value is -0.530. The summed E-state index contributed by atoms with van der Waals surface area (Å²) in [5.41, 5.74) is 0. The van der Waals surface area contributed by atoms with E-state index in [0.29, 0.717) is 17.9 Å². The van der Waals surface area contributed by atoms with Gasteiger partial charge >= 0.3 is 0 Å². The number of hydrogen-bond donors (Lipinski definition) is 1. The van der Waals surface area contributed by atoms with Crippen LogP contribution in [0.25, 0.3) is 0 Å². The van der Waals surface area contributed by atoms with Crippen molar-refractivity contribution in [2.45, 2.75) is 71.3 Å². The molecule has 1 amide bonds. The molecule has 0 aromatic rings. The lowest BCUT2D eigenvalue weighted by Gasteiger charge is -2.27. The number of nitrogens with one attached hydrogen (secondary N) is 1. The van der Waals surface area contributed by atoms with E-state index in [2.05, 4.69) is 19.2 Å². The minimum atomic E-state index is 0.288. The van der Waals surface area contributed by atoms with Gasteiger partial charge in [0.1, 0.15) is 0 Å². The van der Waals surface area contributed by atoms with Gasteiger partial charge in [-0.15, -0.1) is 0 Å². The van der Waals surface area contributed by atoms with Crippen LogP contribution in [0.3, 0.4) is 0 Å². The summed E-state index contributed by atoms with van der Waals surface area (Å²) in [7, 11) is 0. The van der Waals surface area contributed by atoms with E-state index in [4.69, 9.17) is 0 Å². The van der Waals surface area contributed by atoms with Crippen molar-refractivity contribution in [3.63, 3.8) is 0 Å². The van der Waals surface area contributed by atoms with E-state index in [9.17, 15) is 4.79 Å². The lowest BCUT2D eigenvalue weighted by atomic mass is 9.79. The second kappa shape index (κ2) is 5.88. The fraction of sp³-hybridized carbons (Fsp3) is 0.933. The molecule has 1 saturated carbocycles. The SMILES string of the molecule is CC(C)CC1NC(=O)CC1CC1CCCCC1. The quantitative estimate of drug-likeness (QED) is 0.796. The molecule has 17 heavy (non-hydrogen) atoms. The summed E-state index contributed by atoms with van der Waals surface area (Å²) in [5, 5.41) is 3.19. The van der Waals surface area contributed by atoms with Gasteiger partial charge in [-0.1, -0.05) is 46.0 Å². The molecule has 2 atom stereocenters. The number of amides is 1. The normalized spacial score (nSPS) is 30.9. The first kappa shape index (κ1) is 12.9. The van der Waals surface area contributed by atoms with Gasteiger partial charge in [0.15, 0.2) is 0 Å². The molecule has 98 valence electrons. The average Bonchev–Trinajstić information content (AvgIpc) is 2.59. The van der Waals surface area contributed by atoms with Crippen molar-refractivity contribution in [3.05, 3.63) is 0 Å². The topological polar surface area (TPSA) is 29.1 Å². The monoisotopic (exact) mass is 237 g/mol. The summed E-state index contributed by atoms with van der Waals surface area (Å²) in [6, 6.07) is 0.462. The third-order valence-electron chi connectivity index (χ3n) is 4.45. The van der Waals surface area contributed by atoms with Gasteiger partial charge in [-0.3, -0.25) is 4.79 Å². The van der Waals surface area contributed by atoms with Crippen LogP contribution in [-0.4, -0.2) is 11.9 Å². The molecule has 1 saturated heterocycles. The minimum absolute atomic E-state index is 0.288. The van der Waals surface area contributed by atoms with Crippen molar-refractivity contribution in [3.8, 4) is 0 Å². The highest BCUT2D eigenvalue weighted by Crippen LogP contribution is 2.34. The highest BCUT2D eigenvalue weighted by Gasteiger charge is 2.34. The number of carbonyl (C=O) groups is 1. The minimum Gasteiger partial charge on any atom is -0.353 e. The average molecular weight is 237 g/mol. The zero-order valence-corrected chi connectivity index (χ0v) is 11.4. The summed E-state index contributed by atoms with van der Waals surface area (Å²) in [6.07, 6.45) is 10.3. The van der Waals surface area contributed by atoms with Crippen molar-refractivity contribution < 1.29 is 4.79 Å². The highest BCUT2D eigenvalue weighted by molar-refractivity contribution is 5.79. The van der Waals surface area contributed by atoms with Gasteiger partial charge in [0.05, 0.1) is 0 Å². The fourth-order valence-electron chi connectivity index (χ4n) is 3.62. The van der Waals surface area contributed by atoms with Crippen molar-refractivity contribution in [2.75, 3.05) is 0 Å². The van der Waals surface area contributed by atoms with Crippen LogP contribution < -0.4 is 5.32 Å². The van der Waals surface area contributed by atoms with Gasteiger partial charge < -0.3 is 5.32 Å². The lowest BCUT2D eigenvalue weighted by Crippen LogP contribution is -2.31. The molecule has 1 aliphatic carbocycles. The molecule has 2 fully saturated rings. The first-order valence-electron chi connectivity index (χ1n) is 7.44. The van der Waals surface area contributed by atoms with Gasteiger partial charge in [-0.25, -0.2) is 0 Å². The van der Waals surface area contributed by atoms with Gasteiger partial charge in [-0.2, -0.15) is 0 Å². The van der Waals surface area contributed by atoms with E-state index in [-0.39, 0.29) is 5.91 Å². The number of carbonyl (C=O) groups excluding carboxylic acids is 1. The predicted molar refractivity (Wildman–Crippen MR) is 70.7 cm³/mol. The Labute approximate surface area is 106 Å². The van der Waals surface area contributed by atoms with E-state index >= 15 is 0 Å². The van der Waals surface area contributed by atoms with Crippen molar-refractivity contribution in [1.82, 2.24) is 5.32 Å². The number of rotatable bonds is 4. The molecule has 2 rings (SSSR count). The van der Waals surface area contributed by atoms with E-state index in [1.165, 1.54) is 38.5 Å². The molecule has 2 aliphatic rings. The second-order valence-corrected chi connectivity index (χ2v) is 6.51. The lowest BCUT2D eigenvalue weighted by molar-refractivity contribution is -0.119. The van der Waals surface area contributed by atoms with Gasteiger partial charge in [0.2, 0.25) is 5.91 Å². The molecule has 0 aromatic heterocycles. The molecule has 0 radical (unpaired) electrons. The molecule has 2 unspecified atom stereocenters. The fourth-order valence-corrected chi connectivity index (χ4v) is 3.62. The Kier molecular flexibility index (Phi) is 4.47. The zero-order chi connectivity index (χ0) is 12.3. The Bertz CT molecular complexity index is 256. The Morgan fingerprint density at radius 2 is 1.94 bits per heavy atom. The summed E-state index contributed by atoms with van der Waals surface area (Å²) >= 11 is 0. The largest absolute Gasteiger partial charge is 0.353 e. The van der Waals surface area contributed by atoms with Gasteiger partial charge in [-0.05, 0) is 30.6 Å². The van der Waals surface area contributed by atoms with Crippen LogP contribution >= 0.6 is 0 Å². The van der Waals surface area contributed by atoms with Crippen LogP contribution in [0.4, 0.5) is 0 Å². The molecular formula is C15H27NO. The maximum Gasteiger partial charge on any atom is 0.220 e. The van der Waals surface area contributed by atoms with Crippen LogP contribution in [0.5, 0.6) is 0 Å². The van der Waals surface area contributed by atoms with Crippen molar-refractivity contribution in [2.24, 2.45) is 17.8 Å². The number of hydrogen-bond acceptors (Lipinski definition) is 1. The molecule has 0 aromatic carbocycles. The summed E-state index contributed by atoms with van der Waals surface area (Å²) in [5.74, 6) is 2.49. The van der Waals surface area contributed by atoms with E-state index < -0.39 is 0 Å². The first-order valence-corrected chi connectivity index (χ1v) is 7.44. The van der Waals surface area contributed by atoms with Crippen LogP contribution in [0.2, 0.25) is 0 Å². The maximum atomic E-state index is 11.6. The second-order valence-electron chi connectivity index (χ2n) is 6.51. The molecule has 2 nitrogen and oxygen atoms in total.